The van der Waals surface area contributed by atoms with Gasteiger partial charge < -0.3 is 9.72 Å². The third kappa shape index (κ3) is 1.19. The second kappa shape index (κ2) is 3.02. The molecule has 1 aromatic heterocycles. The third-order valence-electron chi connectivity index (χ3n) is 2.06. The molecule has 0 saturated carbocycles. The van der Waals surface area contributed by atoms with Gasteiger partial charge in [-0.2, -0.15) is 0 Å². The Bertz CT molecular complexity index is 490. The molecule has 0 amide bonds. The van der Waals surface area contributed by atoms with Crippen molar-refractivity contribution in [2.75, 3.05) is 7.11 Å². The molecular formula is C9H8N2O3. The molecule has 0 aliphatic rings. The van der Waals surface area contributed by atoms with E-state index in [9.17, 15) is 10.1 Å². The van der Waals surface area contributed by atoms with Crippen LogP contribution in [0.25, 0.3) is 10.9 Å². The molecule has 0 aliphatic heterocycles. The molecular weight excluding hydrogens is 184 g/mol. The average molecular weight is 192 g/mol. The number of rotatable bonds is 2. The third-order valence-corrected chi connectivity index (χ3v) is 2.06. The summed E-state index contributed by atoms with van der Waals surface area (Å²) in [4.78, 5) is 13.0. The van der Waals surface area contributed by atoms with Crippen molar-refractivity contribution in [3.8, 4) is 5.75 Å². The summed E-state index contributed by atoms with van der Waals surface area (Å²) in [5.41, 5.74) is 0.790. The lowest BCUT2D eigenvalue weighted by molar-refractivity contribution is -0.383. The van der Waals surface area contributed by atoms with Crippen LogP contribution >= 0.6 is 0 Å². The zero-order valence-electron chi connectivity index (χ0n) is 7.48. The molecule has 2 aromatic rings. The molecule has 0 spiro atoms. The van der Waals surface area contributed by atoms with Crippen molar-refractivity contribution in [3.63, 3.8) is 0 Å². The Morgan fingerprint density at radius 3 is 2.93 bits per heavy atom. The molecule has 5 nitrogen and oxygen atoms in total. The fourth-order valence-electron chi connectivity index (χ4n) is 1.37. The van der Waals surface area contributed by atoms with Crippen molar-refractivity contribution < 1.29 is 9.66 Å². The van der Waals surface area contributed by atoms with Gasteiger partial charge in [-0.15, -0.1) is 0 Å². The van der Waals surface area contributed by atoms with Crippen LogP contribution < -0.4 is 4.74 Å². The van der Waals surface area contributed by atoms with Crippen LogP contribution in [0.2, 0.25) is 0 Å². The summed E-state index contributed by atoms with van der Waals surface area (Å²) in [7, 11) is 1.55. The number of fused-ring (bicyclic) bond motifs is 1. The van der Waals surface area contributed by atoms with Gasteiger partial charge in [0.25, 0.3) is 5.69 Å². The van der Waals surface area contributed by atoms with Crippen LogP contribution in [0.5, 0.6) is 5.75 Å². The van der Waals surface area contributed by atoms with Gasteiger partial charge in [-0.05, 0) is 12.1 Å². The Kier molecular flexibility index (Phi) is 1.85. The fourth-order valence-corrected chi connectivity index (χ4v) is 1.37. The highest BCUT2D eigenvalue weighted by molar-refractivity contribution is 5.89. The smallest absolute Gasteiger partial charge is 0.294 e. The minimum absolute atomic E-state index is 0.0858. The lowest BCUT2D eigenvalue weighted by atomic mass is 10.2. The zero-order chi connectivity index (χ0) is 10.1. The molecule has 5 heteroatoms. The van der Waals surface area contributed by atoms with E-state index in [1.165, 1.54) is 6.20 Å². The van der Waals surface area contributed by atoms with Crippen molar-refractivity contribution >= 4 is 16.6 Å². The highest BCUT2D eigenvalue weighted by Crippen LogP contribution is 2.27. The molecule has 0 bridgehead atoms. The first-order chi connectivity index (χ1) is 6.72. The minimum atomic E-state index is -0.411. The first kappa shape index (κ1) is 8.55. The molecule has 1 aromatic carbocycles. The number of nitrogens with zero attached hydrogens (tertiary/aromatic N) is 1. The summed E-state index contributed by atoms with van der Waals surface area (Å²) in [5.74, 6) is 0.675. The molecule has 1 N–H and O–H groups in total. The van der Waals surface area contributed by atoms with Crippen molar-refractivity contribution in [1.29, 1.82) is 0 Å². The molecule has 0 fully saturated rings. The van der Waals surface area contributed by atoms with E-state index in [2.05, 4.69) is 4.98 Å². The van der Waals surface area contributed by atoms with Crippen molar-refractivity contribution in [2.45, 2.75) is 0 Å². The lowest BCUT2D eigenvalue weighted by Gasteiger charge is -1.97. The molecule has 0 atom stereocenters. The number of nitro groups is 1. The SMILES string of the molecule is COc1ccc2c([N+](=O)[O-])c[nH]c2c1. The van der Waals surface area contributed by atoms with E-state index < -0.39 is 4.92 Å². The van der Waals surface area contributed by atoms with Crippen molar-refractivity contribution in [3.05, 3.63) is 34.5 Å². The molecule has 2 rings (SSSR count). The number of ether oxygens (including phenoxy) is 1. The Hall–Kier alpha value is -2.04. The number of methoxy groups -OCH3 is 1. The predicted molar refractivity (Wildman–Crippen MR) is 51.5 cm³/mol. The molecule has 0 unspecified atom stereocenters. The van der Waals surface area contributed by atoms with Crippen LogP contribution in [0.15, 0.2) is 24.4 Å². The lowest BCUT2D eigenvalue weighted by Crippen LogP contribution is -1.85. The predicted octanol–water partition coefficient (Wildman–Crippen LogP) is 2.08. The maximum absolute atomic E-state index is 10.6. The number of aromatic nitrogens is 1. The summed E-state index contributed by atoms with van der Waals surface area (Å²) >= 11 is 0. The molecule has 1 heterocycles. The van der Waals surface area contributed by atoms with E-state index >= 15 is 0 Å². The van der Waals surface area contributed by atoms with E-state index in [1.54, 1.807) is 25.3 Å². The van der Waals surface area contributed by atoms with Crippen LogP contribution in [0, 0.1) is 10.1 Å². The van der Waals surface area contributed by atoms with Gasteiger partial charge in [0.05, 0.1) is 29.1 Å². The topological polar surface area (TPSA) is 68.2 Å². The van der Waals surface area contributed by atoms with Gasteiger partial charge in [0.15, 0.2) is 0 Å². The van der Waals surface area contributed by atoms with E-state index in [1.807, 2.05) is 0 Å². The average Bonchev–Trinajstić information content (AvgIpc) is 2.59. The number of hydrogen-bond donors (Lipinski definition) is 1. The summed E-state index contributed by atoms with van der Waals surface area (Å²) in [6, 6.07) is 5.09. The van der Waals surface area contributed by atoms with Gasteiger partial charge in [-0.1, -0.05) is 0 Å². The van der Waals surface area contributed by atoms with Crippen LogP contribution in [0.4, 0.5) is 5.69 Å². The van der Waals surface area contributed by atoms with Crippen LogP contribution in [-0.2, 0) is 0 Å². The number of H-pyrrole nitrogens is 1. The first-order valence-electron chi connectivity index (χ1n) is 4.02. The van der Waals surface area contributed by atoms with Gasteiger partial charge in [0.1, 0.15) is 5.75 Å². The largest absolute Gasteiger partial charge is 0.497 e. The van der Waals surface area contributed by atoms with Crippen LogP contribution in [0.1, 0.15) is 0 Å². The maximum atomic E-state index is 10.6. The highest BCUT2D eigenvalue weighted by atomic mass is 16.6. The van der Waals surface area contributed by atoms with Gasteiger partial charge in [-0.3, -0.25) is 10.1 Å². The minimum Gasteiger partial charge on any atom is -0.497 e. The number of hydrogen-bond acceptors (Lipinski definition) is 3. The Balaban J connectivity index is 2.65. The number of aromatic amines is 1. The normalized spacial score (nSPS) is 10.4. The number of nitrogens with one attached hydrogen (secondary N) is 1. The van der Waals surface area contributed by atoms with Gasteiger partial charge in [0, 0.05) is 6.07 Å². The first-order valence-corrected chi connectivity index (χ1v) is 4.02. The molecule has 0 saturated heterocycles. The van der Waals surface area contributed by atoms with E-state index in [-0.39, 0.29) is 5.69 Å². The maximum Gasteiger partial charge on any atom is 0.294 e. The van der Waals surface area contributed by atoms with Gasteiger partial charge in [-0.25, -0.2) is 0 Å². The summed E-state index contributed by atoms with van der Waals surface area (Å²) in [6.45, 7) is 0. The quantitative estimate of drug-likeness (QED) is 0.585. The summed E-state index contributed by atoms with van der Waals surface area (Å²) in [5, 5.41) is 11.2. The second-order valence-corrected chi connectivity index (χ2v) is 2.84. The Morgan fingerprint density at radius 1 is 1.50 bits per heavy atom. The van der Waals surface area contributed by atoms with Gasteiger partial charge in [0.2, 0.25) is 0 Å². The molecule has 0 radical (unpaired) electrons. The standard InChI is InChI=1S/C9H8N2O3/c1-14-6-2-3-7-8(4-6)10-5-9(7)11(12)13/h2-5,10H,1H3. The monoisotopic (exact) mass is 192 g/mol. The molecule has 0 aliphatic carbocycles. The van der Waals surface area contributed by atoms with Gasteiger partial charge >= 0.3 is 0 Å². The number of benzene rings is 1. The van der Waals surface area contributed by atoms with Crippen LogP contribution in [0.3, 0.4) is 0 Å². The van der Waals surface area contributed by atoms with E-state index in [0.717, 1.165) is 0 Å². The summed E-state index contributed by atoms with van der Waals surface area (Å²) in [6.07, 6.45) is 1.38. The van der Waals surface area contributed by atoms with E-state index in [4.69, 9.17) is 4.74 Å². The summed E-state index contributed by atoms with van der Waals surface area (Å²) < 4.78 is 5.00. The molecule has 72 valence electrons. The zero-order valence-corrected chi connectivity index (χ0v) is 7.48. The fraction of sp³-hybridized carbons (Fsp3) is 0.111. The Morgan fingerprint density at radius 2 is 2.29 bits per heavy atom. The van der Waals surface area contributed by atoms with Crippen molar-refractivity contribution in [1.82, 2.24) is 4.98 Å². The highest BCUT2D eigenvalue weighted by Gasteiger charge is 2.13. The second-order valence-electron chi connectivity index (χ2n) is 2.84. The molecule has 14 heavy (non-hydrogen) atoms. The Labute approximate surface area is 79.5 Å². The van der Waals surface area contributed by atoms with Crippen molar-refractivity contribution in [2.24, 2.45) is 0 Å². The van der Waals surface area contributed by atoms with Crippen LogP contribution in [-0.4, -0.2) is 17.0 Å². The van der Waals surface area contributed by atoms with E-state index in [0.29, 0.717) is 16.7 Å².